The molecule has 1 aliphatic heterocycles. The van der Waals surface area contributed by atoms with Gasteiger partial charge < -0.3 is 10.0 Å². The highest BCUT2D eigenvalue weighted by atomic mass is 16.3. The van der Waals surface area contributed by atoms with E-state index in [-0.39, 0.29) is 6.10 Å². The molecule has 0 bridgehead atoms. The van der Waals surface area contributed by atoms with E-state index in [4.69, 9.17) is 0 Å². The zero-order valence-corrected chi connectivity index (χ0v) is 13.0. The third kappa shape index (κ3) is 4.60. The van der Waals surface area contributed by atoms with Crippen molar-refractivity contribution in [3.63, 3.8) is 0 Å². The average molecular weight is 275 g/mol. The van der Waals surface area contributed by atoms with E-state index in [1.54, 1.807) is 0 Å². The van der Waals surface area contributed by atoms with Crippen molar-refractivity contribution < 1.29 is 5.11 Å². The van der Waals surface area contributed by atoms with Gasteiger partial charge in [0, 0.05) is 6.54 Å². The van der Waals surface area contributed by atoms with Crippen LogP contribution in [-0.4, -0.2) is 29.6 Å². The van der Waals surface area contributed by atoms with Crippen molar-refractivity contribution in [3.05, 3.63) is 35.4 Å². The zero-order chi connectivity index (χ0) is 14.4. The summed E-state index contributed by atoms with van der Waals surface area (Å²) in [5.41, 5.74) is 2.29. The standard InChI is InChI=1S/C18H29NO/c1-3-5-16-6-4-12-19(13-11-16)14-18(20)17-9-7-15(2)8-10-17/h7-10,16,18,20H,3-6,11-14H2,1-2H3. The summed E-state index contributed by atoms with van der Waals surface area (Å²) in [6.45, 7) is 7.43. The largest absolute Gasteiger partial charge is 0.387 e. The van der Waals surface area contributed by atoms with Gasteiger partial charge in [-0.05, 0) is 50.8 Å². The second-order valence-corrected chi connectivity index (χ2v) is 6.31. The van der Waals surface area contributed by atoms with Crippen molar-refractivity contribution in [1.82, 2.24) is 4.90 Å². The number of aryl methyl sites for hydroxylation is 1. The lowest BCUT2D eigenvalue weighted by Crippen LogP contribution is -2.29. The molecule has 2 rings (SSSR count). The van der Waals surface area contributed by atoms with Gasteiger partial charge in [-0.2, -0.15) is 0 Å². The fourth-order valence-electron chi connectivity index (χ4n) is 3.24. The van der Waals surface area contributed by atoms with Gasteiger partial charge in [-0.25, -0.2) is 0 Å². The van der Waals surface area contributed by atoms with E-state index in [1.165, 1.54) is 37.7 Å². The summed E-state index contributed by atoms with van der Waals surface area (Å²) in [7, 11) is 0. The molecule has 1 aromatic carbocycles. The van der Waals surface area contributed by atoms with E-state index in [9.17, 15) is 5.11 Å². The first-order chi connectivity index (χ1) is 9.69. The Hall–Kier alpha value is -0.860. The van der Waals surface area contributed by atoms with E-state index < -0.39 is 0 Å². The van der Waals surface area contributed by atoms with Crippen molar-refractivity contribution in [2.24, 2.45) is 5.92 Å². The smallest absolute Gasteiger partial charge is 0.0916 e. The molecule has 2 atom stereocenters. The van der Waals surface area contributed by atoms with Crippen LogP contribution in [0.4, 0.5) is 0 Å². The minimum Gasteiger partial charge on any atom is -0.387 e. The summed E-state index contributed by atoms with van der Waals surface area (Å²) in [5.74, 6) is 0.904. The van der Waals surface area contributed by atoms with E-state index >= 15 is 0 Å². The first kappa shape index (κ1) is 15.5. The summed E-state index contributed by atoms with van der Waals surface area (Å²) in [6.07, 6.45) is 6.27. The average Bonchev–Trinajstić information content (AvgIpc) is 2.66. The minimum absolute atomic E-state index is 0.349. The highest BCUT2D eigenvalue weighted by Crippen LogP contribution is 2.23. The highest BCUT2D eigenvalue weighted by Gasteiger charge is 2.19. The Morgan fingerprint density at radius 1 is 1.20 bits per heavy atom. The molecule has 2 nitrogen and oxygen atoms in total. The van der Waals surface area contributed by atoms with Crippen LogP contribution in [0.5, 0.6) is 0 Å². The van der Waals surface area contributed by atoms with Crippen LogP contribution in [-0.2, 0) is 0 Å². The molecule has 0 amide bonds. The number of rotatable bonds is 5. The fourth-order valence-corrected chi connectivity index (χ4v) is 3.24. The lowest BCUT2D eigenvalue weighted by Gasteiger charge is -2.23. The van der Waals surface area contributed by atoms with Gasteiger partial charge in [0.05, 0.1) is 6.10 Å². The molecular weight excluding hydrogens is 246 g/mol. The Labute approximate surface area is 123 Å². The maximum Gasteiger partial charge on any atom is 0.0916 e. The van der Waals surface area contributed by atoms with Crippen molar-refractivity contribution in [1.29, 1.82) is 0 Å². The van der Waals surface area contributed by atoms with Crippen LogP contribution in [0.2, 0.25) is 0 Å². The van der Waals surface area contributed by atoms with Crippen molar-refractivity contribution in [2.75, 3.05) is 19.6 Å². The minimum atomic E-state index is -0.349. The monoisotopic (exact) mass is 275 g/mol. The summed E-state index contributed by atoms with van der Waals surface area (Å²) >= 11 is 0. The predicted molar refractivity (Wildman–Crippen MR) is 84.8 cm³/mol. The molecule has 1 N–H and O–H groups in total. The number of hydrogen-bond acceptors (Lipinski definition) is 2. The van der Waals surface area contributed by atoms with Gasteiger partial charge >= 0.3 is 0 Å². The molecule has 0 spiro atoms. The number of nitrogens with zero attached hydrogens (tertiary/aromatic N) is 1. The Morgan fingerprint density at radius 2 is 1.95 bits per heavy atom. The maximum absolute atomic E-state index is 10.4. The predicted octanol–water partition coefficient (Wildman–Crippen LogP) is 3.93. The summed E-state index contributed by atoms with van der Waals surface area (Å²) in [6, 6.07) is 8.27. The third-order valence-corrected chi connectivity index (χ3v) is 4.53. The van der Waals surface area contributed by atoms with Gasteiger partial charge in [-0.1, -0.05) is 49.6 Å². The molecule has 2 unspecified atom stereocenters. The number of hydrogen-bond donors (Lipinski definition) is 1. The van der Waals surface area contributed by atoms with Crippen molar-refractivity contribution >= 4 is 0 Å². The van der Waals surface area contributed by atoms with Crippen LogP contribution in [0.25, 0.3) is 0 Å². The molecule has 1 aromatic rings. The quantitative estimate of drug-likeness (QED) is 0.880. The zero-order valence-electron chi connectivity index (χ0n) is 13.0. The SMILES string of the molecule is CCCC1CCCN(CC(O)c2ccc(C)cc2)CC1. The molecule has 1 saturated heterocycles. The first-order valence-electron chi connectivity index (χ1n) is 8.16. The lowest BCUT2D eigenvalue weighted by molar-refractivity contribution is 0.114. The molecule has 0 saturated carbocycles. The van der Waals surface area contributed by atoms with Crippen LogP contribution in [0.15, 0.2) is 24.3 Å². The van der Waals surface area contributed by atoms with E-state index in [0.717, 1.165) is 31.1 Å². The summed E-state index contributed by atoms with van der Waals surface area (Å²) in [5, 5.41) is 10.4. The van der Waals surface area contributed by atoms with Crippen LogP contribution in [0, 0.1) is 12.8 Å². The number of likely N-dealkylation sites (tertiary alicyclic amines) is 1. The number of benzene rings is 1. The number of β-amino-alcohol motifs (C(OH)–C–C–N with tert-alkyl or cyclic N) is 1. The molecule has 0 aromatic heterocycles. The Balaban J connectivity index is 1.85. The highest BCUT2D eigenvalue weighted by molar-refractivity contribution is 5.23. The van der Waals surface area contributed by atoms with Gasteiger partial charge in [0.15, 0.2) is 0 Å². The Bertz CT molecular complexity index is 387. The van der Waals surface area contributed by atoms with E-state index in [2.05, 4.69) is 43.0 Å². The summed E-state index contributed by atoms with van der Waals surface area (Å²) < 4.78 is 0. The van der Waals surface area contributed by atoms with Crippen molar-refractivity contribution in [2.45, 2.75) is 52.1 Å². The third-order valence-electron chi connectivity index (χ3n) is 4.53. The van der Waals surface area contributed by atoms with Crippen molar-refractivity contribution in [3.8, 4) is 0 Å². The lowest BCUT2D eigenvalue weighted by atomic mass is 9.96. The first-order valence-corrected chi connectivity index (χ1v) is 8.16. The van der Waals surface area contributed by atoms with E-state index in [0.29, 0.717) is 0 Å². The number of aliphatic hydroxyl groups is 1. The van der Waals surface area contributed by atoms with Gasteiger partial charge in [-0.15, -0.1) is 0 Å². The van der Waals surface area contributed by atoms with Gasteiger partial charge in [0.2, 0.25) is 0 Å². The second-order valence-electron chi connectivity index (χ2n) is 6.31. The van der Waals surface area contributed by atoms with Crippen LogP contribution >= 0.6 is 0 Å². The van der Waals surface area contributed by atoms with Gasteiger partial charge in [-0.3, -0.25) is 0 Å². The molecular formula is C18H29NO. The normalized spacial score (nSPS) is 22.4. The topological polar surface area (TPSA) is 23.5 Å². The Kier molecular flexibility index (Phi) is 6.06. The van der Waals surface area contributed by atoms with E-state index in [1.807, 2.05) is 0 Å². The van der Waals surface area contributed by atoms with Crippen LogP contribution in [0.1, 0.15) is 56.3 Å². The molecule has 1 heterocycles. The summed E-state index contributed by atoms with van der Waals surface area (Å²) in [4.78, 5) is 2.44. The molecule has 1 aliphatic rings. The van der Waals surface area contributed by atoms with Crippen LogP contribution < -0.4 is 0 Å². The van der Waals surface area contributed by atoms with Gasteiger partial charge in [0.25, 0.3) is 0 Å². The Morgan fingerprint density at radius 3 is 2.65 bits per heavy atom. The molecule has 1 fully saturated rings. The molecule has 2 heteroatoms. The molecule has 0 radical (unpaired) electrons. The fraction of sp³-hybridized carbons (Fsp3) is 0.667. The number of aliphatic hydroxyl groups excluding tert-OH is 1. The van der Waals surface area contributed by atoms with Crippen LogP contribution in [0.3, 0.4) is 0 Å². The second kappa shape index (κ2) is 7.80. The molecule has 0 aliphatic carbocycles. The van der Waals surface area contributed by atoms with Gasteiger partial charge in [0.1, 0.15) is 0 Å². The molecule has 112 valence electrons. The molecule has 20 heavy (non-hydrogen) atoms. The maximum atomic E-state index is 10.4.